The number of hydrogen-bond acceptors (Lipinski definition) is 4. The molecule has 1 amide bonds. The Morgan fingerprint density at radius 2 is 1.67 bits per heavy atom. The van der Waals surface area contributed by atoms with Crippen LogP contribution in [-0.4, -0.2) is 17.6 Å². The maximum Gasteiger partial charge on any atom is 0.365 e. The Morgan fingerprint density at radius 3 is 2.33 bits per heavy atom. The number of hydrogen-bond donors (Lipinski definition) is 1. The molecule has 0 spiro atoms. The van der Waals surface area contributed by atoms with Crippen LogP contribution in [0.4, 0.5) is 10.1 Å². The molecule has 1 N–H and O–H groups in total. The number of carbonyl (C=O) groups is 2. The van der Waals surface area contributed by atoms with Crippen molar-refractivity contribution in [3.8, 4) is 0 Å². The van der Waals surface area contributed by atoms with Crippen LogP contribution in [0.5, 0.6) is 0 Å². The molecule has 2 fully saturated rings. The molecule has 5 nitrogen and oxygen atoms in total. The highest BCUT2D eigenvalue weighted by molar-refractivity contribution is 6.06. The number of halogens is 1. The number of nitrogens with one attached hydrogen (secondary N) is 1. The van der Waals surface area contributed by atoms with Gasteiger partial charge in [0.25, 0.3) is 0 Å². The van der Waals surface area contributed by atoms with Crippen molar-refractivity contribution in [1.82, 2.24) is 0 Å². The Hall–Kier alpha value is -3.02. The van der Waals surface area contributed by atoms with E-state index in [-0.39, 0.29) is 22.6 Å². The molecular formula is C24H25FN2O3. The zero-order valence-corrected chi connectivity index (χ0v) is 17.4. The summed E-state index contributed by atoms with van der Waals surface area (Å²) in [6.45, 7) is 6.24. The number of nitrogens with zero attached hydrogens (tertiary/aromatic N) is 1. The van der Waals surface area contributed by atoms with Crippen LogP contribution in [0.3, 0.4) is 0 Å². The average Bonchev–Trinajstić information content (AvgIpc) is 3.05. The third kappa shape index (κ3) is 2.93. The quantitative estimate of drug-likeness (QED) is 0.559. The van der Waals surface area contributed by atoms with Crippen LogP contribution in [0.2, 0.25) is 0 Å². The van der Waals surface area contributed by atoms with E-state index in [2.05, 4.69) is 31.2 Å². The summed E-state index contributed by atoms with van der Waals surface area (Å²) in [5.74, 6) is -0.977. The molecule has 156 valence electrons. The molecule has 2 unspecified atom stereocenters. The second-order valence-electron chi connectivity index (χ2n) is 8.96. The minimum Gasteiger partial charge on any atom is -0.326 e. The number of anilines is 1. The molecule has 0 aliphatic heterocycles. The summed E-state index contributed by atoms with van der Waals surface area (Å²) in [6.07, 6.45) is 1.92. The summed E-state index contributed by atoms with van der Waals surface area (Å²) in [6, 6.07) is 14.4. The molecule has 2 aromatic carbocycles. The first-order valence-corrected chi connectivity index (χ1v) is 10.1. The van der Waals surface area contributed by atoms with Gasteiger partial charge in [0.15, 0.2) is 0 Å². The van der Waals surface area contributed by atoms with E-state index in [0.29, 0.717) is 17.7 Å². The molecule has 2 saturated carbocycles. The Bertz CT molecular complexity index is 1020. The molecule has 2 aliphatic rings. The van der Waals surface area contributed by atoms with Gasteiger partial charge >= 0.3 is 5.97 Å². The lowest BCUT2D eigenvalue weighted by Gasteiger charge is -2.39. The van der Waals surface area contributed by atoms with Crippen LogP contribution >= 0.6 is 0 Å². The van der Waals surface area contributed by atoms with Crippen molar-refractivity contribution in [3.63, 3.8) is 0 Å². The summed E-state index contributed by atoms with van der Waals surface area (Å²) >= 11 is 0. The van der Waals surface area contributed by atoms with E-state index in [4.69, 9.17) is 4.84 Å². The molecule has 2 aliphatic carbocycles. The topological polar surface area (TPSA) is 67.8 Å². The first-order chi connectivity index (χ1) is 14.2. The van der Waals surface area contributed by atoms with Crippen molar-refractivity contribution in [1.29, 1.82) is 0 Å². The van der Waals surface area contributed by atoms with Gasteiger partial charge in [-0.05, 0) is 54.7 Å². The van der Waals surface area contributed by atoms with Gasteiger partial charge in [0.2, 0.25) is 5.91 Å². The molecule has 30 heavy (non-hydrogen) atoms. The highest BCUT2D eigenvalue weighted by Crippen LogP contribution is 2.71. The van der Waals surface area contributed by atoms with Crippen LogP contribution in [0.25, 0.3) is 0 Å². The second-order valence-corrected chi connectivity index (χ2v) is 8.96. The smallest absolute Gasteiger partial charge is 0.326 e. The lowest BCUT2D eigenvalue weighted by molar-refractivity contribution is -0.130. The Morgan fingerprint density at radius 1 is 1.00 bits per heavy atom. The van der Waals surface area contributed by atoms with E-state index < -0.39 is 11.4 Å². The molecular weight excluding hydrogens is 383 g/mol. The second kappa shape index (κ2) is 7.04. The van der Waals surface area contributed by atoms with E-state index in [0.717, 1.165) is 18.6 Å². The first-order valence-electron chi connectivity index (χ1n) is 10.1. The minimum absolute atomic E-state index is 0.109. The van der Waals surface area contributed by atoms with Crippen molar-refractivity contribution in [2.75, 3.05) is 5.32 Å². The highest BCUT2D eigenvalue weighted by Gasteiger charge is 2.71. The number of rotatable bonds is 4. The number of oxime groups is 1. The van der Waals surface area contributed by atoms with E-state index in [9.17, 15) is 14.0 Å². The summed E-state index contributed by atoms with van der Waals surface area (Å²) in [4.78, 5) is 30.9. The maximum atomic E-state index is 13.4. The Kier molecular flexibility index (Phi) is 4.76. The summed E-state index contributed by atoms with van der Waals surface area (Å²) in [5, 5.41) is 7.18. The molecule has 2 bridgehead atoms. The predicted molar refractivity (Wildman–Crippen MR) is 112 cm³/mol. The highest BCUT2D eigenvalue weighted by atomic mass is 19.1. The average molecular weight is 408 g/mol. The van der Waals surface area contributed by atoms with Gasteiger partial charge in [0, 0.05) is 17.5 Å². The molecule has 6 heteroatoms. The number of fused-ring (bicyclic) bond motifs is 2. The fourth-order valence-corrected chi connectivity index (χ4v) is 5.03. The van der Waals surface area contributed by atoms with Gasteiger partial charge in [-0.15, -0.1) is 0 Å². The molecule has 0 saturated heterocycles. The molecule has 2 atom stereocenters. The molecule has 0 radical (unpaired) electrons. The van der Waals surface area contributed by atoms with Gasteiger partial charge in [-0.25, -0.2) is 9.18 Å². The number of benzene rings is 2. The van der Waals surface area contributed by atoms with Crippen molar-refractivity contribution >= 4 is 23.3 Å². The van der Waals surface area contributed by atoms with Crippen LogP contribution in [0, 0.1) is 22.1 Å². The predicted octanol–water partition coefficient (Wildman–Crippen LogP) is 5.19. The van der Waals surface area contributed by atoms with Crippen molar-refractivity contribution in [3.05, 3.63) is 66.0 Å². The maximum absolute atomic E-state index is 13.4. The van der Waals surface area contributed by atoms with Crippen LogP contribution in [0.15, 0.2) is 59.8 Å². The zero-order chi connectivity index (χ0) is 21.6. The van der Waals surface area contributed by atoms with E-state index in [1.165, 1.54) is 12.1 Å². The third-order valence-electron chi connectivity index (χ3n) is 7.52. The van der Waals surface area contributed by atoms with Crippen molar-refractivity contribution in [2.24, 2.45) is 21.4 Å². The molecule has 0 heterocycles. The zero-order valence-electron chi connectivity index (χ0n) is 17.4. The van der Waals surface area contributed by atoms with Gasteiger partial charge in [-0.1, -0.05) is 44.1 Å². The van der Waals surface area contributed by atoms with Gasteiger partial charge in [0.05, 0.1) is 16.7 Å². The van der Waals surface area contributed by atoms with E-state index in [1.807, 2.05) is 6.07 Å². The Labute approximate surface area is 175 Å². The monoisotopic (exact) mass is 408 g/mol. The van der Waals surface area contributed by atoms with E-state index >= 15 is 0 Å². The Balaban J connectivity index is 1.58. The standard InChI is InChI=1S/C24H25FN2O3/c1-22(2)23(3)13-14-24(22,21(29)26-18-11-9-17(25)10-12-18)15-19(23)27-30-20(28)16-7-5-4-6-8-16/h4-12H,13-15H2,1-3H3,(H,26,29)/b27-19+. The molecule has 2 aromatic rings. The number of amides is 1. The fraction of sp³-hybridized carbons (Fsp3) is 0.375. The lowest BCUT2D eigenvalue weighted by Crippen LogP contribution is -2.43. The summed E-state index contributed by atoms with van der Waals surface area (Å²) in [5.41, 5.74) is 0.303. The summed E-state index contributed by atoms with van der Waals surface area (Å²) < 4.78 is 13.2. The summed E-state index contributed by atoms with van der Waals surface area (Å²) in [7, 11) is 0. The molecule has 0 aromatic heterocycles. The fourth-order valence-electron chi connectivity index (χ4n) is 5.03. The van der Waals surface area contributed by atoms with Crippen LogP contribution < -0.4 is 5.32 Å². The van der Waals surface area contributed by atoms with Gasteiger partial charge in [0.1, 0.15) is 5.82 Å². The number of carbonyl (C=O) groups excluding carboxylic acids is 2. The normalized spacial score (nSPS) is 27.8. The minimum atomic E-state index is -0.672. The van der Waals surface area contributed by atoms with Gasteiger partial charge in [-0.3, -0.25) is 4.79 Å². The first kappa shape index (κ1) is 20.3. The largest absolute Gasteiger partial charge is 0.365 e. The molecule has 4 rings (SSSR count). The lowest BCUT2D eigenvalue weighted by atomic mass is 9.64. The van der Waals surface area contributed by atoms with Crippen molar-refractivity contribution in [2.45, 2.75) is 40.0 Å². The van der Waals surface area contributed by atoms with Crippen molar-refractivity contribution < 1.29 is 18.8 Å². The van der Waals surface area contributed by atoms with Crippen LogP contribution in [0.1, 0.15) is 50.4 Å². The van der Waals surface area contributed by atoms with Gasteiger partial charge < -0.3 is 10.2 Å². The van der Waals surface area contributed by atoms with Gasteiger partial charge in [-0.2, -0.15) is 0 Å². The van der Waals surface area contributed by atoms with Crippen LogP contribution in [-0.2, 0) is 9.63 Å². The third-order valence-corrected chi connectivity index (χ3v) is 7.52. The van der Waals surface area contributed by atoms with E-state index in [1.54, 1.807) is 36.4 Å². The SMILES string of the molecule is CC12CCC(C(=O)Nc3ccc(F)cc3)(C/C1=N\OC(=O)c1ccccc1)C2(C)C.